The van der Waals surface area contributed by atoms with Crippen LogP contribution in [0.4, 0.5) is 0 Å². The average Bonchev–Trinajstić information content (AvgIpc) is 3.11. The maximum absolute atomic E-state index is 13.9. The van der Waals surface area contributed by atoms with E-state index in [1.54, 1.807) is 13.0 Å². The number of aliphatic hydroxyl groups excluding tert-OH is 2. The molecule has 17 nitrogen and oxygen atoms in total. The Labute approximate surface area is 315 Å². The summed E-state index contributed by atoms with van der Waals surface area (Å²) in [6.07, 6.45) is -11.2. The molecule has 1 aromatic heterocycles. The summed E-state index contributed by atoms with van der Waals surface area (Å²) in [5, 5.41) is 38.0. The number of aromatic nitrogens is 1. The predicted molar refractivity (Wildman–Crippen MR) is 181 cm³/mol. The van der Waals surface area contributed by atoms with Crippen molar-refractivity contribution in [2.75, 3.05) is 13.2 Å². The van der Waals surface area contributed by atoms with E-state index < -0.39 is 127 Å². The molecule has 3 fully saturated rings. The third-order valence-electron chi connectivity index (χ3n) is 11.0. The Bertz CT molecular complexity index is 1850. The van der Waals surface area contributed by atoms with Gasteiger partial charge in [-0.1, -0.05) is 25.1 Å². The van der Waals surface area contributed by atoms with E-state index in [2.05, 4.69) is 4.98 Å². The Balaban J connectivity index is 1.62. The van der Waals surface area contributed by atoms with Crippen LogP contribution in [-0.2, 0) is 52.3 Å². The molecule has 4 aliphatic rings. The molecule has 0 spiro atoms. The number of hydrogen-bond donors (Lipinski definition) is 3. The highest BCUT2D eigenvalue weighted by atomic mass is 16.7. The smallest absolute Gasteiger partial charge is 0.340 e. The van der Waals surface area contributed by atoms with Gasteiger partial charge in [0.15, 0.2) is 12.2 Å². The van der Waals surface area contributed by atoms with E-state index in [1.165, 1.54) is 49.5 Å². The first kappa shape index (κ1) is 39.7. The van der Waals surface area contributed by atoms with Crippen LogP contribution in [0.2, 0.25) is 0 Å². The maximum Gasteiger partial charge on any atom is 0.340 e. The number of pyridine rings is 1. The highest BCUT2D eigenvalue weighted by Gasteiger charge is 2.83. The molecule has 3 N–H and O–H groups in total. The van der Waals surface area contributed by atoms with Gasteiger partial charge in [0.05, 0.1) is 58.8 Å². The van der Waals surface area contributed by atoms with Gasteiger partial charge in [0.2, 0.25) is 5.79 Å². The van der Waals surface area contributed by atoms with Gasteiger partial charge < -0.3 is 48.5 Å². The van der Waals surface area contributed by atoms with Gasteiger partial charge >= 0.3 is 35.8 Å². The number of fused-ring (bicyclic) bond motifs is 4. The minimum atomic E-state index is -2.94. The Morgan fingerprint density at radius 3 is 2.25 bits per heavy atom. The molecule has 2 saturated carbocycles. The molecule has 0 amide bonds. The molecule has 55 heavy (non-hydrogen) atoms. The lowest BCUT2D eigenvalue weighted by molar-refractivity contribution is -0.463. The summed E-state index contributed by atoms with van der Waals surface area (Å²) in [5.74, 6) is -12.7. The highest BCUT2D eigenvalue weighted by molar-refractivity contribution is 5.91. The molecule has 2 aliphatic carbocycles. The van der Waals surface area contributed by atoms with Crippen LogP contribution in [0.15, 0.2) is 48.7 Å². The second kappa shape index (κ2) is 14.9. The molecular weight excluding hydrogens is 726 g/mol. The van der Waals surface area contributed by atoms with Crippen molar-refractivity contribution in [1.29, 1.82) is 0 Å². The minimum Gasteiger partial charge on any atom is -0.465 e. The number of hydrogen-bond acceptors (Lipinski definition) is 17. The summed E-state index contributed by atoms with van der Waals surface area (Å²) in [6.45, 7) is 4.78. The van der Waals surface area contributed by atoms with Crippen LogP contribution < -0.4 is 0 Å². The second-order valence-electron chi connectivity index (χ2n) is 14.7. The van der Waals surface area contributed by atoms with Gasteiger partial charge in [0.25, 0.3) is 0 Å². The van der Waals surface area contributed by atoms with E-state index in [1.807, 2.05) is 0 Å². The van der Waals surface area contributed by atoms with E-state index in [9.17, 15) is 44.1 Å². The van der Waals surface area contributed by atoms with Crippen molar-refractivity contribution in [3.8, 4) is 0 Å². The third-order valence-corrected chi connectivity index (χ3v) is 11.0. The molecule has 5 unspecified atom stereocenters. The lowest BCUT2D eigenvalue weighted by atomic mass is 9.46. The van der Waals surface area contributed by atoms with Crippen molar-refractivity contribution in [2.45, 2.75) is 101 Å². The number of aliphatic hydroxyl groups is 3. The molecule has 3 heterocycles. The summed E-state index contributed by atoms with van der Waals surface area (Å²) >= 11 is 0. The van der Waals surface area contributed by atoms with E-state index in [0.717, 1.165) is 20.8 Å². The summed E-state index contributed by atoms with van der Waals surface area (Å²) in [6, 6.07) is 10.5. The van der Waals surface area contributed by atoms with Crippen LogP contribution in [0.5, 0.6) is 0 Å². The van der Waals surface area contributed by atoms with Gasteiger partial charge in [-0.3, -0.25) is 24.2 Å². The van der Waals surface area contributed by atoms with Gasteiger partial charge in [-0.05, 0) is 31.2 Å². The number of esters is 6. The number of carbonyl (C=O) groups is 6. The summed E-state index contributed by atoms with van der Waals surface area (Å²) in [7, 11) is 0. The second-order valence-corrected chi connectivity index (χ2v) is 14.7. The van der Waals surface area contributed by atoms with Gasteiger partial charge in [-0.25, -0.2) is 9.59 Å². The molecule has 2 aliphatic heterocycles. The Hall–Kier alpha value is -4.97. The van der Waals surface area contributed by atoms with E-state index in [0.29, 0.717) is 0 Å². The number of benzene rings is 1. The quantitative estimate of drug-likeness (QED) is 0.276. The topological polar surface area (TPSA) is 241 Å². The highest BCUT2D eigenvalue weighted by Crippen LogP contribution is 2.65. The molecule has 12 atom stereocenters. The fraction of sp³-hybridized carbons (Fsp3) is 0.553. The molecule has 2 aromatic rings. The van der Waals surface area contributed by atoms with E-state index >= 15 is 0 Å². The Morgan fingerprint density at radius 1 is 0.909 bits per heavy atom. The van der Waals surface area contributed by atoms with Crippen LogP contribution in [0.25, 0.3) is 0 Å². The Morgan fingerprint density at radius 2 is 1.60 bits per heavy atom. The first-order chi connectivity index (χ1) is 25.9. The van der Waals surface area contributed by atoms with Crippen LogP contribution in [0.1, 0.15) is 79.8 Å². The fourth-order valence-electron chi connectivity index (χ4n) is 8.94. The molecule has 6 rings (SSSR count). The fourth-order valence-corrected chi connectivity index (χ4v) is 8.94. The molecular formula is C38H43NO16. The van der Waals surface area contributed by atoms with Crippen molar-refractivity contribution in [3.05, 3.63) is 65.5 Å². The molecule has 1 saturated heterocycles. The number of rotatable bonds is 6. The lowest BCUT2D eigenvalue weighted by Crippen LogP contribution is -2.87. The zero-order chi connectivity index (χ0) is 40.0. The van der Waals surface area contributed by atoms with Crippen molar-refractivity contribution < 1.29 is 77.2 Å². The summed E-state index contributed by atoms with van der Waals surface area (Å²) in [5.41, 5.74) is -4.02. The molecule has 1 aromatic carbocycles. The molecule has 17 heteroatoms. The van der Waals surface area contributed by atoms with E-state index in [-0.39, 0.29) is 23.2 Å². The number of ether oxygens (including phenoxy) is 7. The molecule has 296 valence electrons. The van der Waals surface area contributed by atoms with Gasteiger partial charge in [0.1, 0.15) is 24.9 Å². The van der Waals surface area contributed by atoms with Crippen LogP contribution in [0.3, 0.4) is 0 Å². The number of nitrogens with zero attached hydrogens (tertiary/aromatic N) is 1. The molecule has 4 bridgehead atoms. The van der Waals surface area contributed by atoms with Gasteiger partial charge in [-0.2, -0.15) is 0 Å². The maximum atomic E-state index is 13.9. The van der Waals surface area contributed by atoms with Crippen LogP contribution >= 0.6 is 0 Å². The van der Waals surface area contributed by atoms with Crippen LogP contribution in [-0.4, -0.2) is 117 Å². The van der Waals surface area contributed by atoms with E-state index in [4.69, 9.17) is 33.2 Å². The van der Waals surface area contributed by atoms with Crippen LogP contribution in [0, 0.1) is 17.3 Å². The minimum absolute atomic E-state index is 0.0158. The van der Waals surface area contributed by atoms with Crippen molar-refractivity contribution in [3.63, 3.8) is 0 Å². The van der Waals surface area contributed by atoms with Crippen molar-refractivity contribution in [2.24, 2.45) is 17.3 Å². The van der Waals surface area contributed by atoms with Crippen molar-refractivity contribution >= 4 is 35.8 Å². The average molecular weight is 770 g/mol. The summed E-state index contributed by atoms with van der Waals surface area (Å²) in [4.78, 5) is 83.7. The zero-order valence-corrected chi connectivity index (χ0v) is 30.7. The zero-order valence-electron chi connectivity index (χ0n) is 30.7. The first-order valence-electron chi connectivity index (χ1n) is 17.8. The standard InChI is InChI=1S/C38H43NO16/c1-18-16-24(43)53-32-28(45)31(54-34(46)22-10-7-6-8-11-22)37(17-50-19(2)40)30-27(44)25(29(51-20(3)41)33(37)52-21(4)42)36(5,55-38(30,32)48)13-15-49-35(47)23-12-9-14-39-26(18)23/h6-12,14,18,25,27-33,44-45,48H,13,15-17H2,1-5H3/t18?,25?,27-,28-,29-,30?,31+,32?,33-,36?,37+,38+/m1/s1. The van der Waals surface area contributed by atoms with Gasteiger partial charge in [0, 0.05) is 39.3 Å². The monoisotopic (exact) mass is 769 g/mol. The predicted octanol–water partition coefficient (Wildman–Crippen LogP) is 1.14. The number of cyclic esters (lactones) is 1. The summed E-state index contributed by atoms with van der Waals surface area (Å²) < 4.78 is 41.2. The Kier molecular flexibility index (Phi) is 10.8. The van der Waals surface area contributed by atoms with Gasteiger partial charge in [-0.15, -0.1) is 0 Å². The third kappa shape index (κ3) is 6.94. The first-order valence-corrected chi connectivity index (χ1v) is 17.8. The lowest BCUT2D eigenvalue weighted by Gasteiger charge is -2.70. The normalized spacial score (nSPS) is 36.8. The largest absolute Gasteiger partial charge is 0.465 e. The SMILES string of the molecule is CC(=O)OC[C@@]12C3[C@H](O)C([C@@H](OC(C)=O)[C@H]1OC(C)=O)C1(C)CCOC(=O)c4cccnc4C(C)CC(=O)OC([C@H](O)[C@@H]2OC(=O)c2ccccc2)[C@@]3(O)O1. The van der Waals surface area contributed by atoms with Crippen molar-refractivity contribution in [1.82, 2.24) is 4.98 Å². The number of carbonyl (C=O) groups excluding carboxylic acids is 6. The molecule has 0 radical (unpaired) electrons.